The van der Waals surface area contributed by atoms with E-state index >= 15 is 0 Å². The lowest BCUT2D eigenvalue weighted by atomic mass is 10.1. The second kappa shape index (κ2) is 8.05. The standard InChI is InChI=1S/C19H17BrN4O2/c1-2-10-24-19(26)16-9-4-3-8-15(16)17(23-24)18(25)22-21-12-13-6-5-7-14(20)11-13/h3-9,11-12H,2,10H2,1H3,(H,22,25)/b21-12+. The van der Waals surface area contributed by atoms with Gasteiger partial charge in [0.05, 0.1) is 11.6 Å². The number of aromatic nitrogens is 2. The van der Waals surface area contributed by atoms with Gasteiger partial charge in [-0.05, 0) is 30.2 Å². The maximum absolute atomic E-state index is 12.6. The molecule has 6 nitrogen and oxygen atoms in total. The molecule has 0 aliphatic carbocycles. The quantitative estimate of drug-likeness (QED) is 0.515. The molecule has 0 fully saturated rings. The fourth-order valence-corrected chi connectivity index (χ4v) is 2.99. The van der Waals surface area contributed by atoms with E-state index in [1.807, 2.05) is 31.2 Å². The van der Waals surface area contributed by atoms with E-state index in [4.69, 9.17) is 0 Å². The van der Waals surface area contributed by atoms with Gasteiger partial charge in [0, 0.05) is 16.4 Å². The molecule has 7 heteroatoms. The third-order valence-electron chi connectivity index (χ3n) is 3.75. The number of aryl methyl sites for hydroxylation is 1. The lowest BCUT2D eigenvalue weighted by Crippen LogP contribution is -2.29. The number of carbonyl (C=O) groups excluding carboxylic acids is 1. The monoisotopic (exact) mass is 412 g/mol. The van der Waals surface area contributed by atoms with Crippen molar-refractivity contribution in [2.45, 2.75) is 19.9 Å². The molecular weight excluding hydrogens is 396 g/mol. The van der Waals surface area contributed by atoms with Crippen molar-refractivity contribution in [1.82, 2.24) is 15.2 Å². The number of amides is 1. The van der Waals surface area contributed by atoms with E-state index in [9.17, 15) is 9.59 Å². The SMILES string of the molecule is CCCn1nc(C(=O)N/N=C/c2cccc(Br)c2)c2ccccc2c1=O. The van der Waals surface area contributed by atoms with Crippen LogP contribution in [0, 0.1) is 0 Å². The summed E-state index contributed by atoms with van der Waals surface area (Å²) >= 11 is 3.38. The zero-order chi connectivity index (χ0) is 18.5. The molecule has 0 aliphatic heterocycles. The Morgan fingerprint density at radius 3 is 2.73 bits per heavy atom. The van der Waals surface area contributed by atoms with E-state index in [2.05, 4.69) is 31.6 Å². The van der Waals surface area contributed by atoms with Crippen LogP contribution in [0.4, 0.5) is 0 Å². The van der Waals surface area contributed by atoms with Crippen molar-refractivity contribution >= 4 is 38.8 Å². The maximum Gasteiger partial charge on any atom is 0.292 e. The summed E-state index contributed by atoms with van der Waals surface area (Å²) in [6.07, 6.45) is 2.29. The summed E-state index contributed by atoms with van der Waals surface area (Å²) < 4.78 is 2.25. The van der Waals surface area contributed by atoms with Crippen molar-refractivity contribution in [1.29, 1.82) is 0 Å². The van der Waals surface area contributed by atoms with Crippen LogP contribution in [-0.4, -0.2) is 21.9 Å². The first-order valence-electron chi connectivity index (χ1n) is 8.19. The number of nitrogens with zero attached hydrogens (tertiary/aromatic N) is 3. The number of hydrogen-bond acceptors (Lipinski definition) is 4. The fraction of sp³-hybridized carbons (Fsp3) is 0.158. The number of fused-ring (bicyclic) bond motifs is 1. The Hall–Kier alpha value is -2.80. The number of halogens is 1. The number of carbonyl (C=O) groups is 1. The molecule has 1 heterocycles. The lowest BCUT2D eigenvalue weighted by molar-refractivity contribution is 0.0949. The average molecular weight is 413 g/mol. The molecule has 0 aliphatic rings. The van der Waals surface area contributed by atoms with Crippen LogP contribution in [0.1, 0.15) is 29.4 Å². The van der Waals surface area contributed by atoms with Crippen molar-refractivity contribution in [3.63, 3.8) is 0 Å². The van der Waals surface area contributed by atoms with Gasteiger partial charge in [0.15, 0.2) is 5.69 Å². The van der Waals surface area contributed by atoms with Gasteiger partial charge in [0.25, 0.3) is 11.5 Å². The molecule has 0 atom stereocenters. The maximum atomic E-state index is 12.6. The molecule has 1 aromatic heterocycles. The van der Waals surface area contributed by atoms with Crippen molar-refractivity contribution in [2.75, 3.05) is 0 Å². The van der Waals surface area contributed by atoms with Crippen LogP contribution < -0.4 is 11.0 Å². The first kappa shape index (κ1) is 18.0. The molecule has 0 saturated heterocycles. The highest BCUT2D eigenvalue weighted by Gasteiger charge is 2.15. The number of hydrazone groups is 1. The van der Waals surface area contributed by atoms with Gasteiger partial charge in [-0.3, -0.25) is 9.59 Å². The molecule has 1 amide bonds. The Morgan fingerprint density at radius 1 is 1.23 bits per heavy atom. The van der Waals surface area contributed by atoms with Crippen molar-refractivity contribution in [3.05, 3.63) is 74.6 Å². The summed E-state index contributed by atoms with van der Waals surface area (Å²) in [5.74, 6) is -0.461. The van der Waals surface area contributed by atoms with Gasteiger partial charge < -0.3 is 0 Å². The number of rotatable bonds is 5. The molecule has 2 aromatic carbocycles. The van der Waals surface area contributed by atoms with Gasteiger partial charge in [-0.1, -0.05) is 53.2 Å². The minimum atomic E-state index is -0.461. The highest BCUT2D eigenvalue weighted by molar-refractivity contribution is 9.10. The Kier molecular flexibility index (Phi) is 5.58. The molecule has 26 heavy (non-hydrogen) atoms. The Morgan fingerprint density at radius 2 is 2.00 bits per heavy atom. The minimum Gasteiger partial charge on any atom is -0.267 e. The van der Waals surface area contributed by atoms with E-state index in [0.29, 0.717) is 17.3 Å². The normalized spacial score (nSPS) is 11.2. The molecule has 3 aromatic rings. The lowest BCUT2D eigenvalue weighted by Gasteiger charge is -2.09. The van der Waals surface area contributed by atoms with Crippen LogP contribution in [0.25, 0.3) is 10.8 Å². The number of benzene rings is 2. The summed E-state index contributed by atoms with van der Waals surface area (Å²) in [7, 11) is 0. The largest absolute Gasteiger partial charge is 0.292 e. The molecule has 3 rings (SSSR count). The summed E-state index contributed by atoms with van der Waals surface area (Å²) in [6.45, 7) is 2.40. The molecule has 0 radical (unpaired) electrons. The van der Waals surface area contributed by atoms with Crippen molar-refractivity contribution in [2.24, 2.45) is 5.10 Å². The summed E-state index contributed by atoms with van der Waals surface area (Å²) in [4.78, 5) is 25.0. The van der Waals surface area contributed by atoms with Gasteiger partial charge in [0.1, 0.15) is 0 Å². The zero-order valence-corrected chi connectivity index (χ0v) is 15.7. The molecule has 132 valence electrons. The summed E-state index contributed by atoms with van der Waals surface area (Å²) in [5.41, 5.74) is 3.31. The smallest absolute Gasteiger partial charge is 0.267 e. The zero-order valence-electron chi connectivity index (χ0n) is 14.1. The van der Waals surface area contributed by atoms with Gasteiger partial charge in [-0.25, -0.2) is 10.1 Å². The van der Waals surface area contributed by atoms with Crippen LogP contribution in [-0.2, 0) is 6.54 Å². The van der Waals surface area contributed by atoms with E-state index < -0.39 is 5.91 Å². The van der Waals surface area contributed by atoms with Gasteiger partial charge in [0.2, 0.25) is 0 Å². The topological polar surface area (TPSA) is 76.3 Å². The van der Waals surface area contributed by atoms with E-state index in [0.717, 1.165) is 16.5 Å². The fourth-order valence-electron chi connectivity index (χ4n) is 2.57. The third kappa shape index (κ3) is 3.88. The predicted molar refractivity (Wildman–Crippen MR) is 105 cm³/mol. The molecule has 1 N–H and O–H groups in total. The Bertz CT molecular complexity index is 1040. The number of nitrogens with one attached hydrogen (secondary N) is 1. The second-order valence-corrected chi connectivity index (χ2v) is 6.59. The Balaban J connectivity index is 1.92. The van der Waals surface area contributed by atoms with Crippen molar-refractivity contribution < 1.29 is 4.79 Å². The van der Waals surface area contributed by atoms with Crippen LogP contribution in [0.5, 0.6) is 0 Å². The van der Waals surface area contributed by atoms with Gasteiger partial charge in [-0.2, -0.15) is 10.2 Å². The van der Waals surface area contributed by atoms with Crippen LogP contribution >= 0.6 is 15.9 Å². The van der Waals surface area contributed by atoms with Crippen molar-refractivity contribution in [3.8, 4) is 0 Å². The summed E-state index contributed by atoms with van der Waals surface area (Å²) in [6, 6.07) is 14.5. The van der Waals surface area contributed by atoms with Gasteiger partial charge >= 0.3 is 0 Å². The molecule has 0 unspecified atom stereocenters. The third-order valence-corrected chi connectivity index (χ3v) is 4.24. The van der Waals surface area contributed by atoms with Crippen LogP contribution in [0.2, 0.25) is 0 Å². The van der Waals surface area contributed by atoms with Crippen LogP contribution in [0.3, 0.4) is 0 Å². The highest BCUT2D eigenvalue weighted by Crippen LogP contribution is 2.13. The van der Waals surface area contributed by atoms with E-state index in [1.54, 1.807) is 30.5 Å². The van der Waals surface area contributed by atoms with E-state index in [-0.39, 0.29) is 11.3 Å². The molecular formula is C19H17BrN4O2. The molecule has 0 saturated carbocycles. The van der Waals surface area contributed by atoms with Gasteiger partial charge in [-0.15, -0.1) is 0 Å². The Labute approximate surface area is 158 Å². The highest BCUT2D eigenvalue weighted by atomic mass is 79.9. The average Bonchev–Trinajstić information content (AvgIpc) is 2.64. The number of hydrogen-bond donors (Lipinski definition) is 1. The van der Waals surface area contributed by atoms with E-state index in [1.165, 1.54) is 4.68 Å². The second-order valence-electron chi connectivity index (χ2n) is 5.68. The predicted octanol–water partition coefficient (Wildman–Crippen LogP) is 3.33. The van der Waals surface area contributed by atoms with Crippen LogP contribution in [0.15, 0.2) is 62.9 Å². The summed E-state index contributed by atoms with van der Waals surface area (Å²) in [5, 5.41) is 9.22. The molecule has 0 bridgehead atoms. The molecule has 0 spiro atoms. The first-order chi connectivity index (χ1) is 12.6. The minimum absolute atomic E-state index is 0.181. The first-order valence-corrected chi connectivity index (χ1v) is 8.98.